The first kappa shape index (κ1) is 16.7. The lowest BCUT2D eigenvalue weighted by Gasteiger charge is -2.39. The summed E-state index contributed by atoms with van der Waals surface area (Å²) < 4.78 is 0. The second-order valence-electron chi connectivity index (χ2n) is 5.40. The predicted molar refractivity (Wildman–Crippen MR) is 77.9 cm³/mol. The van der Waals surface area contributed by atoms with E-state index in [0.717, 1.165) is 32.1 Å². The second kappa shape index (κ2) is 8.03. The van der Waals surface area contributed by atoms with Crippen LogP contribution in [0.15, 0.2) is 12.7 Å². The van der Waals surface area contributed by atoms with E-state index in [0.29, 0.717) is 13.1 Å². The number of carbonyl (C=O) groups is 1. The largest absolute Gasteiger partial charge is 0.395 e. The van der Waals surface area contributed by atoms with Gasteiger partial charge in [-0.2, -0.15) is 5.26 Å². The van der Waals surface area contributed by atoms with Gasteiger partial charge in [-0.15, -0.1) is 6.58 Å². The van der Waals surface area contributed by atoms with Crippen LogP contribution in [0.4, 0.5) is 0 Å². The fourth-order valence-electron chi connectivity index (χ4n) is 2.75. The zero-order valence-electron chi connectivity index (χ0n) is 12.3. The zero-order valence-corrected chi connectivity index (χ0v) is 12.3. The van der Waals surface area contributed by atoms with Crippen molar-refractivity contribution in [2.24, 2.45) is 0 Å². The van der Waals surface area contributed by atoms with Crippen molar-refractivity contribution in [2.45, 2.75) is 37.6 Å². The van der Waals surface area contributed by atoms with E-state index >= 15 is 0 Å². The molecule has 1 fully saturated rings. The third-order valence-electron chi connectivity index (χ3n) is 4.07. The summed E-state index contributed by atoms with van der Waals surface area (Å²) in [5.74, 6) is -0.0660. The van der Waals surface area contributed by atoms with Gasteiger partial charge >= 0.3 is 0 Å². The van der Waals surface area contributed by atoms with E-state index in [9.17, 15) is 10.1 Å². The lowest BCUT2D eigenvalue weighted by atomic mass is 9.81. The van der Waals surface area contributed by atoms with Crippen molar-refractivity contribution >= 4 is 5.91 Å². The van der Waals surface area contributed by atoms with Crippen LogP contribution in [0.3, 0.4) is 0 Å². The molecule has 112 valence electrons. The summed E-state index contributed by atoms with van der Waals surface area (Å²) in [5, 5.41) is 18.5. The van der Waals surface area contributed by atoms with Gasteiger partial charge in [0.1, 0.15) is 5.54 Å². The Morgan fingerprint density at radius 2 is 2.10 bits per heavy atom. The molecule has 0 spiro atoms. The summed E-state index contributed by atoms with van der Waals surface area (Å²) in [6, 6.07) is 2.35. The smallest absolute Gasteiger partial charge is 0.237 e. The minimum Gasteiger partial charge on any atom is -0.395 e. The molecule has 0 aromatic carbocycles. The van der Waals surface area contributed by atoms with E-state index in [4.69, 9.17) is 5.11 Å². The van der Waals surface area contributed by atoms with Gasteiger partial charge in [0.15, 0.2) is 0 Å². The van der Waals surface area contributed by atoms with Crippen molar-refractivity contribution in [1.29, 1.82) is 5.26 Å². The molecule has 20 heavy (non-hydrogen) atoms. The van der Waals surface area contributed by atoms with Crippen LogP contribution in [0.2, 0.25) is 0 Å². The highest BCUT2D eigenvalue weighted by molar-refractivity contribution is 5.79. The summed E-state index contributed by atoms with van der Waals surface area (Å²) in [7, 11) is 1.72. The number of nitriles is 1. The fourth-order valence-corrected chi connectivity index (χ4v) is 2.75. The molecule has 0 unspecified atom stereocenters. The number of amides is 1. The molecule has 5 nitrogen and oxygen atoms in total. The highest BCUT2D eigenvalue weighted by Crippen LogP contribution is 2.32. The van der Waals surface area contributed by atoms with Crippen molar-refractivity contribution in [2.75, 3.05) is 33.3 Å². The molecule has 0 radical (unpaired) electrons. The maximum absolute atomic E-state index is 12.4. The molecular formula is C15H25N3O2. The Morgan fingerprint density at radius 1 is 1.45 bits per heavy atom. The fraction of sp³-hybridized carbons (Fsp3) is 0.733. The number of aliphatic hydroxyl groups excluding tert-OH is 1. The number of rotatable bonds is 7. The van der Waals surface area contributed by atoms with Gasteiger partial charge in [0, 0.05) is 20.1 Å². The average Bonchev–Trinajstić information content (AvgIpc) is 2.47. The Morgan fingerprint density at radius 3 is 2.60 bits per heavy atom. The number of nitrogens with zero attached hydrogens (tertiary/aromatic N) is 3. The predicted octanol–water partition coefficient (Wildman–Crippen LogP) is 1.15. The van der Waals surface area contributed by atoms with E-state index in [1.54, 1.807) is 18.0 Å². The molecule has 1 N–H and O–H groups in total. The second-order valence-corrected chi connectivity index (χ2v) is 5.40. The monoisotopic (exact) mass is 279 g/mol. The van der Waals surface area contributed by atoms with Crippen LogP contribution < -0.4 is 0 Å². The number of hydrogen-bond acceptors (Lipinski definition) is 4. The van der Waals surface area contributed by atoms with E-state index in [1.165, 1.54) is 0 Å². The van der Waals surface area contributed by atoms with E-state index < -0.39 is 5.54 Å². The third-order valence-corrected chi connectivity index (χ3v) is 4.07. The maximum Gasteiger partial charge on any atom is 0.237 e. The normalized spacial score (nSPS) is 17.5. The van der Waals surface area contributed by atoms with Gasteiger partial charge in [-0.25, -0.2) is 0 Å². The molecule has 0 aromatic heterocycles. The first-order valence-electron chi connectivity index (χ1n) is 7.21. The quantitative estimate of drug-likeness (QED) is 0.710. The topological polar surface area (TPSA) is 67.6 Å². The van der Waals surface area contributed by atoms with Gasteiger partial charge in [-0.1, -0.05) is 25.3 Å². The van der Waals surface area contributed by atoms with Crippen molar-refractivity contribution in [1.82, 2.24) is 9.80 Å². The molecule has 1 aliphatic rings. The number of aliphatic hydroxyl groups is 1. The first-order valence-corrected chi connectivity index (χ1v) is 7.21. The van der Waals surface area contributed by atoms with Gasteiger partial charge in [0.25, 0.3) is 0 Å². The average molecular weight is 279 g/mol. The lowest BCUT2D eigenvalue weighted by molar-refractivity contribution is -0.136. The van der Waals surface area contributed by atoms with Gasteiger partial charge in [0.2, 0.25) is 5.91 Å². The van der Waals surface area contributed by atoms with Crippen molar-refractivity contribution in [3.05, 3.63) is 12.7 Å². The molecule has 0 atom stereocenters. The van der Waals surface area contributed by atoms with Gasteiger partial charge < -0.3 is 10.0 Å². The maximum atomic E-state index is 12.4. The molecule has 1 saturated carbocycles. The summed E-state index contributed by atoms with van der Waals surface area (Å²) in [5.41, 5.74) is -0.644. The van der Waals surface area contributed by atoms with E-state index in [2.05, 4.69) is 12.6 Å². The molecule has 0 saturated heterocycles. The molecule has 0 aliphatic heterocycles. The van der Waals surface area contributed by atoms with Gasteiger partial charge in [0.05, 0.1) is 19.2 Å². The highest BCUT2D eigenvalue weighted by atomic mass is 16.3. The summed E-state index contributed by atoms with van der Waals surface area (Å²) in [6.45, 7) is 4.87. The van der Waals surface area contributed by atoms with Crippen LogP contribution in [-0.2, 0) is 4.79 Å². The van der Waals surface area contributed by atoms with Crippen molar-refractivity contribution in [3.63, 3.8) is 0 Å². The van der Waals surface area contributed by atoms with E-state index in [1.807, 2.05) is 4.90 Å². The molecule has 5 heteroatoms. The number of hydrogen-bond donors (Lipinski definition) is 1. The van der Waals surface area contributed by atoms with Crippen LogP contribution in [0.1, 0.15) is 32.1 Å². The molecule has 1 amide bonds. The Kier molecular flexibility index (Phi) is 6.69. The number of carbonyl (C=O) groups excluding carboxylic acids is 1. The van der Waals surface area contributed by atoms with Crippen LogP contribution in [0.25, 0.3) is 0 Å². The molecule has 1 rings (SSSR count). The molecular weight excluding hydrogens is 254 g/mol. The number of likely N-dealkylation sites (N-methyl/N-ethyl adjacent to an activating group) is 1. The highest BCUT2D eigenvalue weighted by Gasteiger charge is 2.38. The first-order chi connectivity index (χ1) is 9.59. The summed E-state index contributed by atoms with van der Waals surface area (Å²) >= 11 is 0. The van der Waals surface area contributed by atoms with E-state index in [-0.39, 0.29) is 19.1 Å². The molecule has 1 aliphatic carbocycles. The molecule has 0 aromatic rings. The van der Waals surface area contributed by atoms with Crippen molar-refractivity contribution < 1.29 is 9.90 Å². The van der Waals surface area contributed by atoms with Crippen molar-refractivity contribution in [3.8, 4) is 6.07 Å². The van der Waals surface area contributed by atoms with Gasteiger partial charge in [-0.3, -0.25) is 9.69 Å². The minimum absolute atomic E-state index is 0.00816. The Labute approximate surface area is 121 Å². The zero-order chi connectivity index (χ0) is 15.0. The van der Waals surface area contributed by atoms with Crippen LogP contribution in [0, 0.1) is 11.3 Å². The molecule has 0 bridgehead atoms. The van der Waals surface area contributed by atoms with Crippen LogP contribution in [0.5, 0.6) is 0 Å². The SMILES string of the molecule is C=CCN(CCO)CC(=O)N(C)C1(C#N)CCCCC1. The summed E-state index contributed by atoms with van der Waals surface area (Å²) in [4.78, 5) is 15.8. The molecule has 0 heterocycles. The van der Waals surface area contributed by atoms with Crippen LogP contribution >= 0.6 is 0 Å². The third kappa shape index (κ3) is 4.06. The van der Waals surface area contributed by atoms with Gasteiger partial charge in [-0.05, 0) is 12.8 Å². The standard InChI is InChI=1S/C15H25N3O2/c1-3-9-18(10-11-19)12-14(20)17(2)15(13-16)7-5-4-6-8-15/h3,19H,1,4-12H2,2H3. The van der Waals surface area contributed by atoms with Crippen LogP contribution in [-0.4, -0.2) is 59.6 Å². The lowest BCUT2D eigenvalue weighted by Crippen LogP contribution is -2.52. The minimum atomic E-state index is -0.644. The Balaban J connectivity index is 2.69. The Bertz CT molecular complexity index is 370. The Hall–Kier alpha value is -1.38. The summed E-state index contributed by atoms with van der Waals surface area (Å²) in [6.07, 6.45) is 6.36.